The van der Waals surface area contributed by atoms with Gasteiger partial charge in [0.15, 0.2) is 5.82 Å². The Morgan fingerprint density at radius 2 is 1.89 bits per heavy atom. The number of methoxy groups -OCH3 is 1. The molecule has 6 aromatic rings. The van der Waals surface area contributed by atoms with Crippen molar-refractivity contribution in [3.05, 3.63) is 82.7 Å². The number of ether oxygens (including phenoxy) is 3. The van der Waals surface area contributed by atoms with Gasteiger partial charge in [-0.05, 0) is 56.0 Å². The molecule has 0 unspecified atom stereocenters. The number of fused-ring (bicyclic) bond motifs is 2. The molecule has 0 saturated carbocycles. The Hall–Kier alpha value is -6.13. The standard InChI is InChI=1S/C42H37F6N9O3S/c1-58-39-21(5-2-13-53-39)7-10-27(23-6-3-12-52-36(23)50)57-15-16-59-34-30-33(54-40(55-38(30)57)60-20-41-11-4-14-56(41)19-22(43)17-41)32(45)29(31(34)42(46,47)48)24-8-9-26(44)35-28(24)25(18-49)37(51)61-35/h2-3,5-6,8-9,12-13,22,27H,4,7,10-11,14-17,19-20,51H2,1H3,(H2,50,52)/t22-,27-,41+/m1/s1. The lowest BCUT2D eigenvalue weighted by Crippen LogP contribution is -2.43. The molecule has 0 amide bonds. The van der Waals surface area contributed by atoms with Gasteiger partial charge in [-0.25, -0.2) is 23.1 Å². The minimum atomic E-state index is -5.28. The third kappa shape index (κ3) is 6.81. The van der Waals surface area contributed by atoms with Gasteiger partial charge in [0.2, 0.25) is 5.88 Å². The summed E-state index contributed by atoms with van der Waals surface area (Å²) < 4.78 is 113. The Balaban J connectivity index is 1.31. The Labute approximate surface area is 348 Å². The second kappa shape index (κ2) is 15.4. The SMILES string of the molecule is COc1ncccc1CC[C@H](c1cccnc1N)N1CCOc2c(C(F)(F)F)c(-c3ccc(F)c4sc(N)c(C#N)c34)c(F)c3nc(OC[C@@]45CCCN4C[C@H](F)C5)nc1c23. The van der Waals surface area contributed by atoms with Crippen LogP contribution in [0, 0.1) is 23.0 Å². The molecule has 2 fully saturated rings. The highest BCUT2D eigenvalue weighted by atomic mass is 32.1. The Bertz CT molecular complexity index is 2750. The first kappa shape index (κ1) is 40.3. The summed E-state index contributed by atoms with van der Waals surface area (Å²) in [6.07, 6.45) is -1.07. The third-order valence-corrected chi connectivity index (χ3v) is 12.9. The zero-order valence-electron chi connectivity index (χ0n) is 32.5. The topological polar surface area (TPSA) is 162 Å². The van der Waals surface area contributed by atoms with E-state index in [0.717, 1.165) is 24.1 Å². The number of aryl methyl sites for hydroxylation is 1. The minimum Gasteiger partial charge on any atom is -0.490 e. The average molecular weight is 862 g/mol. The molecule has 4 N–H and O–H groups in total. The van der Waals surface area contributed by atoms with E-state index in [-0.39, 0.29) is 77.4 Å². The Morgan fingerprint density at radius 1 is 1.08 bits per heavy atom. The van der Waals surface area contributed by atoms with Crippen LogP contribution in [0.4, 0.5) is 43.0 Å². The first-order valence-electron chi connectivity index (χ1n) is 19.5. The van der Waals surface area contributed by atoms with Crippen LogP contribution in [-0.2, 0) is 12.6 Å². The number of pyridine rings is 2. The van der Waals surface area contributed by atoms with E-state index in [4.69, 9.17) is 30.7 Å². The molecule has 7 heterocycles. The van der Waals surface area contributed by atoms with Crippen LogP contribution in [0.3, 0.4) is 0 Å². The lowest BCUT2D eigenvalue weighted by molar-refractivity contribution is -0.138. The van der Waals surface area contributed by atoms with Crippen molar-refractivity contribution >= 4 is 49.0 Å². The van der Waals surface area contributed by atoms with E-state index in [1.54, 1.807) is 29.3 Å². The quantitative estimate of drug-likeness (QED) is 0.127. The number of thiophene rings is 1. The number of halogens is 6. The van der Waals surface area contributed by atoms with Crippen molar-refractivity contribution in [2.75, 3.05) is 56.3 Å². The smallest absolute Gasteiger partial charge is 0.420 e. The zero-order chi connectivity index (χ0) is 42.8. The van der Waals surface area contributed by atoms with Crippen molar-refractivity contribution in [3.63, 3.8) is 0 Å². The molecule has 0 radical (unpaired) electrons. The van der Waals surface area contributed by atoms with Gasteiger partial charge in [-0.1, -0.05) is 18.2 Å². The number of hydrogen-bond donors (Lipinski definition) is 2. The van der Waals surface area contributed by atoms with Crippen molar-refractivity contribution in [1.29, 1.82) is 5.26 Å². The number of rotatable bonds is 10. The zero-order valence-corrected chi connectivity index (χ0v) is 33.3. The van der Waals surface area contributed by atoms with Gasteiger partial charge in [0, 0.05) is 47.4 Å². The van der Waals surface area contributed by atoms with Gasteiger partial charge in [-0.2, -0.15) is 28.4 Å². The number of benzene rings is 2. The van der Waals surface area contributed by atoms with Crippen molar-refractivity contribution in [2.45, 2.75) is 56.0 Å². The number of aromatic nitrogens is 4. The van der Waals surface area contributed by atoms with Crippen LogP contribution in [0.25, 0.3) is 32.1 Å². The maximum absolute atomic E-state index is 17.8. The molecule has 3 aliphatic heterocycles. The van der Waals surface area contributed by atoms with Gasteiger partial charge in [-0.3, -0.25) is 4.90 Å². The van der Waals surface area contributed by atoms with E-state index in [0.29, 0.717) is 42.2 Å². The normalized spacial score (nSPS) is 19.4. The van der Waals surface area contributed by atoms with Gasteiger partial charge in [0.1, 0.15) is 64.7 Å². The van der Waals surface area contributed by atoms with Crippen LogP contribution >= 0.6 is 11.3 Å². The first-order chi connectivity index (χ1) is 29.3. The van der Waals surface area contributed by atoms with Gasteiger partial charge >= 0.3 is 12.2 Å². The number of nitrogens with two attached hydrogens (primary N) is 2. The predicted octanol–water partition coefficient (Wildman–Crippen LogP) is 8.17. The molecule has 61 heavy (non-hydrogen) atoms. The van der Waals surface area contributed by atoms with E-state index in [9.17, 15) is 9.65 Å². The van der Waals surface area contributed by atoms with Crippen molar-refractivity contribution in [2.24, 2.45) is 0 Å². The molecule has 3 atom stereocenters. The summed E-state index contributed by atoms with van der Waals surface area (Å²) in [6.45, 7) is 0.362. The largest absolute Gasteiger partial charge is 0.490 e. The highest BCUT2D eigenvalue weighted by molar-refractivity contribution is 7.23. The molecule has 2 aromatic carbocycles. The molecule has 316 valence electrons. The fraction of sp³-hybridized carbons (Fsp3) is 0.357. The number of anilines is 3. The molecule has 0 spiro atoms. The van der Waals surface area contributed by atoms with Gasteiger partial charge in [0.05, 0.1) is 40.9 Å². The maximum Gasteiger partial charge on any atom is 0.420 e. The van der Waals surface area contributed by atoms with Crippen LogP contribution in [0.5, 0.6) is 17.6 Å². The van der Waals surface area contributed by atoms with Gasteiger partial charge in [0.25, 0.3) is 0 Å². The lowest BCUT2D eigenvalue weighted by atomic mass is 9.91. The lowest BCUT2D eigenvalue weighted by Gasteiger charge is -2.34. The van der Waals surface area contributed by atoms with Crippen LogP contribution in [-0.4, -0.2) is 76.5 Å². The highest BCUT2D eigenvalue weighted by Crippen LogP contribution is 2.54. The number of alkyl halides is 4. The molecule has 0 bridgehead atoms. The van der Waals surface area contributed by atoms with Crippen molar-refractivity contribution < 1.29 is 40.6 Å². The predicted molar refractivity (Wildman–Crippen MR) is 216 cm³/mol. The summed E-state index contributed by atoms with van der Waals surface area (Å²) in [6, 6.07) is 9.58. The maximum atomic E-state index is 17.8. The fourth-order valence-electron chi connectivity index (χ4n) is 9.30. The summed E-state index contributed by atoms with van der Waals surface area (Å²) >= 11 is 0.660. The van der Waals surface area contributed by atoms with E-state index in [1.165, 1.54) is 13.3 Å². The van der Waals surface area contributed by atoms with E-state index in [1.807, 2.05) is 17.0 Å². The van der Waals surface area contributed by atoms with Crippen LogP contribution in [0.15, 0.2) is 48.8 Å². The van der Waals surface area contributed by atoms with Crippen molar-refractivity contribution in [3.8, 4) is 34.8 Å². The van der Waals surface area contributed by atoms with E-state index < -0.39 is 68.9 Å². The average Bonchev–Trinajstić information content (AvgIpc) is 3.84. The number of nitrogen functional groups attached to an aromatic ring is 2. The molecule has 19 heteroatoms. The molecule has 2 saturated heterocycles. The molecule has 12 nitrogen and oxygen atoms in total. The van der Waals surface area contributed by atoms with Crippen molar-refractivity contribution in [1.82, 2.24) is 24.8 Å². The van der Waals surface area contributed by atoms with Crippen LogP contribution < -0.4 is 30.6 Å². The second-order valence-electron chi connectivity index (χ2n) is 15.3. The molecular weight excluding hydrogens is 825 g/mol. The fourth-order valence-corrected chi connectivity index (χ4v) is 10.2. The summed E-state index contributed by atoms with van der Waals surface area (Å²) in [5, 5.41) is 9.20. The number of nitriles is 1. The molecular formula is C42H37F6N9O3S. The molecule has 3 aliphatic rings. The molecule has 4 aromatic heterocycles. The molecule has 9 rings (SSSR count). The van der Waals surface area contributed by atoms with E-state index >= 15 is 22.0 Å². The van der Waals surface area contributed by atoms with Gasteiger partial charge in [-0.15, -0.1) is 11.3 Å². The summed E-state index contributed by atoms with van der Waals surface area (Å²) in [5.74, 6) is -2.71. The van der Waals surface area contributed by atoms with E-state index in [2.05, 4.69) is 15.0 Å². The Morgan fingerprint density at radius 3 is 2.66 bits per heavy atom. The molecule has 0 aliphatic carbocycles. The second-order valence-corrected chi connectivity index (χ2v) is 16.4. The summed E-state index contributed by atoms with van der Waals surface area (Å²) in [5.41, 5.74) is 9.23. The summed E-state index contributed by atoms with van der Waals surface area (Å²) in [7, 11) is 1.49. The number of hydrogen-bond acceptors (Lipinski definition) is 13. The first-order valence-corrected chi connectivity index (χ1v) is 20.3. The van der Waals surface area contributed by atoms with Crippen LogP contribution in [0.1, 0.15) is 54.0 Å². The monoisotopic (exact) mass is 861 g/mol. The Kier molecular flexibility index (Phi) is 10.2. The van der Waals surface area contributed by atoms with Gasteiger partial charge < -0.3 is 30.6 Å². The van der Waals surface area contributed by atoms with Crippen LogP contribution in [0.2, 0.25) is 0 Å². The minimum absolute atomic E-state index is 0.0745. The third-order valence-electron chi connectivity index (χ3n) is 11.9. The summed E-state index contributed by atoms with van der Waals surface area (Å²) in [4.78, 5) is 21.5. The number of nitrogens with zero attached hydrogens (tertiary/aromatic N) is 7. The highest BCUT2D eigenvalue weighted by Gasteiger charge is 2.50.